The van der Waals surface area contributed by atoms with E-state index in [4.69, 9.17) is 5.73 Å². The van der Waals surface area contributed by atoms with Crippen LogP contribution in [-0.2, 0) is 9.84 Å². The maximum Gasteiger partial charge on any atom is 0.160 e. The lowest BCUT2D eigenvalue weighted by atomic mass is 9.84. The van der Waals surface area contributed by atoms with E-state index in [-0.39, 0.29) is 5.25 Å². The van der Waals surface area contributed by atoms with Gasteiger partial charge in [-0.3, -0.25) is 0 Å². The second-order valence-electron chi connectivity index (χ2n) is 4.69. The zero-order chi connectivity index (χ0) is 10.2. The predicted molar refractivity (Wildman–Crippen MR) is 56.8 cm³/mol. The zero-order valence-corrected chi connectivity index (χ0v) is 9.35. The minimum atomic E-state index is -2.94. The number of hydrogen-bond donors (Lipinski definition) is 1. The molecule has 0 spiro atoms. The number of nitrogens with two attached hydrogens (primary N) is 1. The zero-order valence-electron chi connectivity index (χ0n) is 8.54. The normalized spacial score (nSPS) is 27.5. The minimum absolute atomic E-state index is 0.0775. The SMILES string of the molecule is NCC1(S(=O)(=O)C2CCCC2)CCC1. The maximum atomic E-state index is 12.3. The van der Waals surface area contributed by atoms with Gasteiger partial charge in [0.25, 0.3) is 0 Å². The highest BCUT2D eigenvalue weighted by Crippen LogP contribution is 2.43. The second kappa shape index (κ2) is 3.49. The van der Waals surface area contributed by atoms with Crippen LogP contribution in [0.15, 0.2) is 0 Å². The summed E-state index contributed by atoms with van der Waals surface area (Å²) in [5.74, 6) is 0. The monoisotopic (exact) mass is 217 g/mol. The van der Waals surface area contributed by atoms with Gasteiger partial charge in [0.1, 0.15) is 0 Å². The third-order valence-electron chi connectivity index (χ3n) is 3.98. The Bertz CT molecular complexity index is 295. The Morgan fingerprint density at radius 3 is 2.07 bits per heavy atom. The standard InChI is InChI=1S/C10H19NO2S/c11-8-10(6-3-7-10)14(12,13)9-4-1-2-5-9/h9H,1-8,11H2. The second-order valence-corrected chi connectivity index (χ2v) is 7.31. The number of hydrogen-bond acceptors (Lipinski definition) is 3. The van der Waals surface area contributed by atoms with Gasteiger partial charge >= 0.3 is 0 Å². The van der Waals surface area contributed by atoms with Crippen molar-refractivity contribution in [2.24, 2.45) is 5.73 Å². The Hall–Kier alpha value is -0.0900. The van der Waals surface area contributed by atoms with Crippen molar-refractivity contribution in [3.8, 4) is 0 Å². The molecule has 2 aliphatic carbocycles. The fraction of sp³-hybridized carbons (Fsp3) is 1.00. The lowest BCUT2D eigenvalue weighted by Crippen LogP contribution is -2.54. The van der Waals surface area contributed by atoms with E-state index in [1.807, 2.05) is 0 Å². The molecule has 0 saturated heterocycles. The van der Waals surface area contributed by atoms with Gasteiger partial charge in [0.05, 0.1) is 10.00 Å². The largest absolute Gasteiger partial charge is 0.329 e. The van der Waals surface area contributed by atoms with Crippen molar-refractivity contribution in [2.45, 2.75) is 54.9 Å². The van der Waals surface area contributed by atoms with E-state index in [2.05, 4.69) is 0 Å². The Morgan fingerprint density at radius 1 is 1.14 bits per heavy atom. The summed E-state index contributed by atoms with van der Waals surface area (Å²) >= 11 is 0. The molecule has 4 heteroatoms. The molecule has 82 valence electrons. The number of sulfone groups is 1. The molecule has 0 radical (unpaired) electrons. The highest BCUT2D eigenvalue weighted by atomic mass is 32.2. The fourth-order valence-corrected chi connectivity index (χ4v) is 5.48. The molecule has 0 aromatic carbocycles. The molecular formula is C10H19NO2S. The van der Waals surface area contributed by atoms with Crippen LogP contribution in [0.1, 0.15) is 44.9 Å². The Labute approximate surface area is 86.0 Å². The van der Waals surface area contributed by atoms with Crippen molar-refractivity contribution in [3.63, 3.8) is 0 Å². The maximum absolute atomic E-state index is 12.3. The van der Waals surface area contributed by atoms with E-state index < -0.39 is 14.6 Å². The first kappa shape index (κ1) is 10.4. The molecule has 0 atom stereocenters. The average Bonchev–Trinajstić information content (AvgIpc) is 2.53. The van der Waals surface area contributed by atoms with Crippen LogP contribution in [0.4, 0.5) is 0 Å². The van der Waals surface area contributed by atoms with E-state index in [0.29, 0.717) is 6.54 Å². The predicted octanol–water partition coefficient (Wildman–Crippen LogP) is 1.23. The summed E-state index contributed by atoms with van der Waals surface area (Å²) in [7, 11) is -2.94. The van der Waals surface area contributed by atoms with Crippen LogP contribution >= 0.6 is 0 Å². The summed E-state index contributed by atoms with van der Waals surface area (Å²) in [6.07, 6.45) is 6.50. The van der Waals surface area contributed by atoms with Gasteiger partial charge < -0.3 is 5.73 Å². The Kier molecular flexibility index (Phi) is 2.60. The number of rotatable bonds is 3. The van der Waals surface area contributed by atoms with E-state index in [0.717, 1.165) is 44.9 Å². The first-order valence-corrected chi connectivity index (χ1v) is 7.10. The molecular weight excluding hydrogens is 198 g/mol. The summed E-state index contributed by atoms with van der Waals surface area (Å²) in [4.78, 5) is 0. The van der Waals surface area contributed by atoms with Crippen LogP contribution < -0.4 is 5.73 Å². The third kappa shape index (κ3) is 1.31. The van der Waals surface area contributed by atoms with Crippen LogP contribution in [0.5, 0.6) is 0 Å². The summed E-state index contributed by atoms with van der Waals surface area (Å²) in [5.41, 5.74) is 5.64. The van der Waals surface area contributed by atoms with Crippen LogP contribution in [0.25, 0.3) is 0 Å². The molecule has 0 unspecified atom stereocenters. The molecule has 2 saturated carbocycles. The third-order valence-corrected chi connectivity index (χ3v) is 7.11. The molecule has 0 heterocycles. The molecule has 0 aliphatic heterocycles. The van der Waals surface area contributed by atoms with Crippen LogP contribution in [0.3, 0.4) is 0 Å². The van der Waals surface area contributed by atoms with Crippen LogP contribution in [-0.4, -0.2) is 25.0 Å². The van der Waals surface area contributed by atoms with E-state index >= 15 is 0 Å². The van der Waals surface area contributed by atoms with Crippen molar-refractivity contribution >= 4 is 9.84 Å². The van der Waals surface area contributed by atoms with Crippen molar-refractivity contribution in [3.05, 3.63) is 0 Å². The molecule has 0 aromatic heterocycles. The lowest BCUT2D eigenvalue weighted by molar-refractivity contribution is 0.340. The average molecular weight is 217 g/mol. The molecule has 2 rings (SSSR count). The van der Waals surface area contributed by atoms with Crippen molar-refractivity contribution in [1.82, 2.24) is 0 Å². The van der Waals surface area contributed by atoms with Crippen LogP contribution in [0, 0.1) is 0 Å². The molecule has 14 heavy (non-hydrogen) atoms. The van der Waals surface area contributed by atoms with Crippen molar-refractivity contribution in [2.75, 3.05) is 6.54 Å². The van der Waals surface area contributed by atoms with E-state index in [1.165, 1.54) is 0 Å². The minimum Gasteiger partial charge on any atom is -0.329 e. The van der Waals surface area contributed by atoms with Crippen molar-refractivity contribution in [1.29, 1.82) is 0 Å². The first-order chi connectivity index (χ1) is 6.62. The van der Waals surface area contributed by atoms with Gasteiger partial charge in [-0.15, -0.1) is 0 Å². The lowest BCUT2D eigenvalue weighted by Gasteiger charge is -2.41. The van der Waals surface area contributed by atoms with Gasteiger partial charge in [-0.25, -0.2) is 8.42 Å². The molecule has 2 N–H and O–H groups in total. The highest BCUT2D eigenvalue weighted by Gasteiger charge is 2.51. The van der Waals surface area contributed by atoms with Crippen molar-refractivity contribution < 1.29 is 8.42 Å². The first-order valence-electron chi connectivity index (χ1n) is 5.56. The quantitative estimate of drug-likeness (QED) is 0.773. The van der Waals surface area contributed by atoms with Gasteiger partial charge in [0.15, 0.2) is 9.84 Å². The molecule has 0 bridgehead atoms. The smallest absolute Gasteiger partial charge is 0.160 e. The summed E-state index contributed by atoms with van der Waals surface area (Å²) in [6, 6.07) is 0. The van der Waals surface area contributed by atoms with Gasteiger partial charge in [-0.1, -0.05) is 19.3 Å². The Balaban J connectivity index is 2.21. The summed E-state index contributed by atoms with van der Waals surface area (Å²) in [6.45, 7) is 0.325. The summed E-state index contributed by atoms with van der Waals surface area (Å²) in [5, 5.41) is -0.0775. The van der Waals surface area contributed by atoms with E-state index in [9.17, 15) is 8.42 Å². The van der Waals surface area contributed by atoms with Gasteiger partial charge in [0, 0.05) is 6.54 Å². The molecule has 2 aliphatic rings. The summed E-state index contributed by atoms with van der Waals surface area (Å²) < 4.78 is 24.1. The molecule has 0 aromatic rings. The van der Waals surface area contributed by atoms with Crippen LogP contribution in [0.2, 0.25) is 0 Å². The molecule has 2 fully saturated rings. The highest BCUT2D eigenvalue weighted by molar-refractivity contribution is 7.93. The van der Waals surface area contributed by atoms with E-state index in [1.54, 1.807) is 0 Å². The topological polar surface area (TPSA) is 60.2 Å². The molecule has 3 nitrogen and oxygen atoms in total. The Morgan fingerprint density at radius 2 is 1.71 bits per heavy atom. The fourth-order valence-electron chi connectivity index (χ4n) is 2.73. The molecule has 0 amide bonds. The van der Waals surface area contributed by atoms with Gasteiger partial charge in [0.2, 0.25) is 0 Å². The van der Waals surface area contributed by atoms with Gasteiger partial charge in [-0.2, -0.15) is 0 Å². The van der Waals surface area contributed by atoms with Gasteiger partial charge in [-0.05, 0) is 25.7 Å².